The van der Waals surface area contributed by atoms with Crippen molar-refractivity contribution in [2.75, 3.05) is 13.4 Å². The summed E-state index contributed by atoms with van der Waals surface area (Å²) in [6.45, 7) is 0. The molecular formula is C13H11BrFNO3S. The summed E-state index contributed by atoms with van der Waals surface area (Å²) in [5.41, 5.74) is -0.399. The van der Waals surface area contributed by atoms with E-state index in [1.54, 1.807) is 18.5 Å². The second-order valence-electron chi connectivity index (χ2n) is 3.84. The van der Waals surface area contributed by atoms with Crippen LogP contribution in [0.25, 0.3) is 10.9 Å². The van der Waals surface area contributed by atoms with Gasteiger partial charge in [-0.25, -0.2) is 9.18 Å². The molecule has 1 atom stereocenters. The lowest BCUT2D eigenvalue weighted by Gasteiger charge is -2.15. The van der Waals surface area contributed by atoms with Gasteiger partial charge in [0.2, 0.25) is 5.44 Å². The number of hydrogen-bond donors (Lipinski definition) is 0. The molecule has 1 aromatic carbocycles. The summed E-state index contributed by atoms with van der Waals surface area (Å²) in [6, 6.07) is 4.57. The number of carbonyl (C=O) groups is 1. The minimum Gasteiger partial charge on any atom is -0.466 e. The predicted octanol–water partition coefficient (Wildman–Crippen LogP) is 3.38. The number of halogens is 2. The van der Waals surface area contributed by atoms with Crippen LogP contribution in [0.1, 0.15) is 0 Å². The Balaban J connectivity index is 2.38. The Labute approximate surface area is 127 Å². The first-order chi connectivity index (χ1) is 9.55. The number of methoxy groups -OCH3 is 1. The van der Waals surface area contributed by atoms with Gasteiger partial charge in [0, 0.05) is 22.1 Å². The molecule has 20 heavy (non-hydrogen) atoms. The molecule has 0 aliphatic carbocycles. The van der Waals surface area contributed by atoms with Gasteiger partial charge in [-0.05, 0) is 34.3 Å². The third-order valence-corrected chi connectivity index (χ3v) is 3.69. The number of fused-ring (bicyclic) bond motifs is 1. The van der Waals surface area contributed by atoms with Gasteiger partial charge in [0.25, 0.3) is 0 Å². The minimum atomic E-state index is -0.910. The second kappa shape index (κ2) is 6.41. The lowest BCUT2D eigenvalue weighted by atomic mass is 10.2. The van der Waals surface area contributed by atoms with Gasteiger partial charge >= 0.3 is 5.97 Å². The third kappa shape index (κ3) is 3.21. The van der Waals surface area contributed by atoms with Crippen LogP contribution in [0.5, 0.6) is 5.75 Å². The zero-order valence-corrected chi connectivity index (χ0v) is 13.1. The number of nitrogens with zero attached hydrogens (tertiary/aromatic N) is 1. The van der Waals surface area contributed by atoms with Crippen molar-refractivity contribution < 1.29 is 18.7 Å². The molecule has 2 aromatic rings. The Morgan fingerprint density at radius 2 is 2.20 bits per heavy atom. The first-order valence-electron chi connectivity index (χ1n) is 5.57. The van der Waals surface area contributed by atoms with Crippen LogP contribution in [-0.4, -0.2) is 29.8 Å². The highest BCUT2D eigenvalue weighted by Gasteiger charge is 2.21. The number of pyridine rings is 1. The van der Waals surface area contributed by atoms with E-state index in [1.807, 2.05) is 0 Å². The molecule has 0 fully saturated rings. The zero-order valence-electron chi connectivity index (χ0n) is 10.7. The lowest BCUT2D eigenvalue weighted by molar-refractivity contribution is -0.144. The van der Waals surface area contributed by atoms with E-state index < -0.39 is 17.2 Å². The van der Waals surface area contributed by atoms with Gasteiger partial charge in [-0.2, -0.15) is 0 Å². The van der Waals surface area contributed by atoms with Gasteiger partial charge in [-0.1, -0.05) is 0 Å². The fourth-order valence-corrected chi connectivity index (χ4v) is 2.43. The van der Waals surface area contributed by atoms with Crippen LogP contribution < -0.4 is 4.74 Å². The molecule has 1 unspecified atom stereocenters. The van der Waals surface area contributed by atoms with E-state index in [0.29, 0.717) is 10.9 Å². The Morgan fingerprint density at radius 1 is 1.45 bits per heavy atom. The molecule has 106 valence electrons. The number of aromatic nitrogens is 1. The molecule has 0 spiro atoms. The topological polar surface area (TPSA) is 48.4 Å². The summed E-state index contributed by atoms with van der Waals surface area (Å²) in [6.07, 6.45) is 3.26. The van der Waals surface area contributed by atoms with Crippen molar-refractivity contribution in [3.8, 4) is 5.75 Å². The number of hydrogen-bond acceptors (Lipinski definition) is 5. The van der Waals surface area contributed by atoms with E-state index in [4.69, 9.17) is 4.74 Å². The van der Waals surface area contributed by atoms with E-state index in [1.165, 1.54) is 19.2 Å². The first-order valence-corrected chi connectivity index (χ1v) is 7.65. The van der Waals surface area contributed by atoms with Crippen LogP contribution in [0.3, 0.4) is 0 Å². The van der Waals surface area contributed by atoms with Gasteiger partial charge in [-0.15, -0.1) is 11.8 Å². The van der Waals surface area contributed by atoms with Crippen molar-refractivity contribution in [1.29, 1.82) is 0 Å². The number of ether oxygens (including phenoxy) is 2. The van der Waals surface area contributed by atoms with Crippen LogP contribution in [0, 0.1) is 5.82 Å². The van der Waals surface area contributed by atoms with Gasteiger partial charge in [0.15, 0.2) is 11.6 Å². The number of rotatable bonds is 4. The minimum absolute atomic E-state index is 0.0119. The van der Waals surface area contributed by atoms with Crippen molar-refractivity contribution in [1.82, 2.24) is 4.98 Å². The quantitative estimate of drug-likeness (QED) is 0.618. The molecule has 0 radical (unpaired) electrons. The lowest BCUT2D eigenvalue weighted by Crippen LogP contribution is -2.25. The summed E-state index contributed by atoms with van der Waals surface area (Å²) in [7, 11) is 1.26. The highest BCUT2D eigenvalue weighted by Crippen LogP contribution is 2.27. The maximum atomic E-state index is 13.9. The van der Waals surface area contributed by atoms with Crippen LogP contribution >= 0.6 is 27.7 Å². The van der Waals surface area contributed by atoms with Crippen molar-refractivity contribution >= 4 is 44.6 Å². The van der Waals surface area contributed by atoms with E-state index >= 15 is 0 Å². The van der Waals surface area contributed by atoms with Crippen LogP contribution in [0.2, 0.25) is 0 Å². The van der Waals surface area contributed by atoms with E-state index in [2.05, 4.69) is 25.7 Å². The van der Waals surface area contributed by atoms with Crippen molar-refractivity contribution in [3.05, 3.63) is 34.7 Å². The van der Waals surface area contributed by atoms with Crippen molar-refractivity contribution in [2.45, 2.75) is 5.44 Å². The highest BCUT2D eigenvalue weighted by atomic mass is 79.9. The predicted molar refractivity (Wildman–Crippen MR) is 79.3 cm³/mol. The Hall–Kier alpha value is -1.34. The Kier molecular flexibility index (Phi) is 4.82. The fraction of sp³-hybridized carbons (Fsp3) is 0.231. The van der Waals surface area contributed by atoms with Crippen LogP contribution in [-0.2, 0) is 9.53 Å². The van der Waals surface area contributed by atoms with E-state index in [-0.39, 0.29) is 5.75 Å². The fourth-order valence-electron chi connectivity index (χ4n) is 1.60. The van der Waals surface area contributed by atoms with Gasteiger partial charge < -0.3 is 9.47 Å². The molecule has 7 heteroatoms. The molecule has 0 saturated heterocycles. The molecule has 0 bridgehead atoms. The summed E-state index contributed by atoms with van der Waals surface area (Å²) in [5, 5.41) is 0.709. The number of carbonyl (C=O) groups excluding carboxylic acids is 1. The molecular weight excluding hydrogens is 349 g/mol. The SMILES string of the molecule is COC(=O)C(Oc1cc2cc(Br)cnc2cc1F)SC. The monoisotopic (exact) mass is 359 g/mol. The summed E-state index contributed by atoms with van der Waals surface area (Å²) in [4.78, 5) is 15.6. The molecule has 1 aromatic heterocycles. The number of benzene rings is 1. The molecule has 2 rings (SSSR count). The smallest absolute Gasteiger partial charge is 0.357 e. The van der Waals surface area contributed by atoms with Gasteiger partial charge in [0.1, 0.15) is 0 Å². The standard InChI is InChI=1S/C13H11BrFNO3S/c1-18-12(17)13(20-2)19-11-4-7-3-8(14)6-16-10(7)5-9(11)15/h3-6,13H,1-2H3. The molecule has 0 saturated carbocycles. The van der Waals surface area contributed by atoms with Crippen molar-refractivity contribution in [2.24, 2.45) is 0 Å². The van der Waals surface area contributed by atoms with E-state index in [9.17, 15) is 9.18 Å². The van der Waals surface area contributed by atoms with Crippen LogP contribution in [0.15, 0.2) is 28.9 Å². The molecule has 0 aliphatic heterocycles. The Bertz CT molecular complexity index is 653. The third-order valence-electron chi connectivity index (χ3n) is 2.54. The molecule has 0 amide bonds. The molecule has 4 nitrogen and oxygen atoms in total. The normalized spacial score (nSPS) is 12.2. The molecule has 0 aliphatic rings. The average Bonchev–Trinajstić information content (AvgIpc) is 2.44. The van der Waals surface area contributed by atoms with E-state index in [0.717, 1.165) is 16.2 Å². The summed E-state index contributed by atoms with van der Waals surface area (Å²) < 4.78 is 24.7. The Morgan fingerprint density at radius 3 is 2.85 bits per heavy atom. The second-order valence-corrected chi connectivity index (χ2v) is 5.65. The number of esters is 1. The van der Waals surface area contributed by atoms with Gasteiger partial charge in [-0.3, -0.25) is 4.98 Å². The zero-order chi connectivity index (χ0) is 14.7. The maximum absolute atomic E-state index is 13.9. The largest absolute Gasteiger partial charge is 0.466 e. The van der Waals surface area contributed by atoms with Crippen LogP contribution in [0.4, 0.5) is 4.39 Å². The first kappa shape index (κ1) is 15.1. The maximum Gasteiger partial charge on any atom is 0.357 e. The molecule has 0 N–H and O–H groups in total. The highest BCUT2D eigenvalue weighted by molar-refractivity contribution is 9.10. The average molecular weight is 360 g/mol. The van der Waals surface area contributed by atoms with Gasteiger partial charge in [0.05, 0.1) is 12.6 Å². The number of thioether (sulfide) groups is 1. The van der Waals surface area contributed by atoms with Crippen molar-refractivity contribution in [3.63, 3.8) is 0 Å². The summed E-state index contributed by atoms with van der Waals surface area (Å²) in [5.74, 6) is -1.15. The summed E-state index contributed by atoms with van der Waals surface area (Å²) >= 11 is 4.43. The molecule has 1 heterocycles.